The normalized spacial score (nSPS) is 10.5. The number of nitrogens with one attached hydrogen (secondary N) is 1. The summed E-state index contributed by atoms with van der Waals surface area (Å²) in [6.45, 7) is 2.06. The summed E-state index contributed by atoms with van der Waals surface area (Å²) in [6.07, 6.45) is 3.61. The SMILES string of the molecule is Cc1ccc2[nH]ccnc1-2. The zero-order valence-electron chi connectivity index (χ0n) is 5.76. The molecule has 1 aliphatic carbocycles. The number of hydrogen-bond acceptors (Lipinski definition) is 1. The van der Waals surface area contributed by atoms with Gasteiger partial charge in [0.2, 0.25) is 0 Å². The molecule has 1 N–H and O–H groups in total. The number of H-pyrrole nitrogens is 1. The molecule has 0 saturated heterocycles. The molecule has 0 radical (unpaired) electrons. The van der Waals surface area contributed by atoms with Gasteiger partial charge in [-0.1, -0.05) is 6.07 Å². The fourth-order valence-electron chi connectivity index (χ4n) is 1.11. The van der Waals surface area contributed by atoms with Crippen LogP contribution in [0.2, 0.25) is 0 Å². The Balaban J connectivity index is 2.78. The molecule has 0 atom stereocenters. The van der Waals surface area contributed by atoms with Gasteiger partial charge in [-0.2, -0.15) is 0 Å². The lowest BCUT2D eigenvalue weighted by atomic mass is 10.3. The Hall–Kier alpha value is -1.31. The van der Waals surface area contributed by atoms with Crippen LogP contribution in [0.25, 0.3) is 11.4 Å². The molecule has 0 aromatic rings. The minimum atomic E-state index is 1.07. The highest BCUT2D eigenvalue weighted by Crippen LogP contribution is 2.20. The molecule has 0 saturated carbocycles. The smallest absolute Gasteiger partial charge is 0.0894 e. The van der Waals surface area contributed by atoms with Gasteiger partial charge < -0.3 is 4.98 Å². The Labute approximate surface area is 59.3 Å². The molecule has 0 spiro atoms. The van der Waals surface area contributed by atoms with E-state index in [9.17, 15) is 0 Å². The van der Waals surface area contributed by atoms with E-state index in [0.29, 0.717) is 0 Å². The van der Waals surface area contributed by atoms with Gasteiger partial charge in [0.25, 0.3) is 0 Å². The number of aryl methyl sites for hydroxylation is 1. The van der Waals surface area contributed by atoms with Crippen molar-refractivity contribution in [1.82, 2.24) is 9.97 Å². The molecule has 0 unspecified atom stereocenters. The Kier molecular flexibility index (Phi) is 1.01. The first-order valence-electron chi connectivity index (χ1n) is 3.26. The number of aromatic amines is 1. The highest BCUT2D eigenvalue weighted by Gasteiger charge is 2.04. The van der Waals surface area contributed by atoms with Crippen LogP contribution in [0.15, 0.2) is 24.5 Å². The first-order chi connectivity index (χ1) is 4.88. The van der Waals surface area contributed by atoms with E-state index in [2.05, 4.69) is 23.0 Å². The van der Waals surface area contributed by atoms with Gasteiger partial charge >= 0.3 is 0 Å². The van der Waals surface area contributed by atoms with Gasteiger partial charge in [0, 0.05) is 12.4 Å². The maximum absolute atomic E-state index is 4.21. The lowest BCUT2D eigenvalue weighted by molar-refractivity contribution is 1.20. The summed E-state index contributed by atoms with van der Waals surface area (Å²) in [5.41, 5.74) is 3.41. The van der Waals surface area contributed by atoms with Crippen LogP contribution >= 0.6 is 0 Å². The Morgan fingerprint density at radius 3 is 3.10 bits per heavy atom. The lowest BCUT2D eigenvalue weighted by Gasteiger charge is -1.96. The van der Waals surface area contributed by atoms with Crippen molar-refractivity contribution in [2.45, 2.75) is 6.92 Å². The van der Waals surface area contributed by atoms with Crippen molar-refractivity contribution in [3.05, 3.63) is 30.1 Å². The van der Waals surface area contributed by atoms with Crippen molar-refractivity contribution in [3.63, 3.8) is 0 Å². The molecule has 2 rings (SSSR count). The first kappa shape index (κ1) is 5.47. The lowest BCUT2D eigenvalue weighted by Crippen LogP contribution is -1.84. The van der Waals surface area contributed by atoms with Crippen molar-refractivity contribution < 1.29 is 0 Å². The van der Waals surface area contributed by atoms with Gasteiger partial charge in [0.05, 0.1) is 11.4 Å². The predicted molar refractivity (Wildman–Crippen MR) is 39.9 cm³/mol. The zero-order chi connectivity index (χ0) is 6.97. The van der Waals surface area contributed by atoms with Crippen LogP contribution in [0.3, 0.4) is 0 Å². The maximum atomic E-state index is 4.21. The molecule has 0 amide bonds. The summed E-state index contributed by atoms with van der Waals surface area (Å²) < 4.78 is 0. The molecule has 2 heteroatoms. The van der Waals surface area contributed by atoms with Gasteiger partial charge in [0.15, 0.2) is 0 Å². The van der Waals surface area contributed by atoms with E-state index < -0.39 is 0 Å². The van der Waals surface area contributed by atoms with Crippen molar-refractivity contribution in [1.29, 1.82) is 0 Å². The number of aromatic nitrogens is 2. The molecular weight excluding hydrogens is 124 g/mol. The monoisotopic (exact) mass is 132 g/mol. The molecule has 0 bridgehead atoms. The van der Waals surface area contributed by atoms with E-state index in [0.717, 1.165) is 11.4 Å². The van der Waals surface area contributed by atoms with E-state index >= 15 is 0 Å². The first-order valence-corrected chi connectivity index (χ1v) is 3.26. The third kappa shape index (κ3) is 0.620. The van der Waals surface area contributed by atoms with E-state index in [4.69, 9.17) is 0 Å². The molecule has 0 aromatic heterocycles. The Bertz CT molecular complexity index is 311. The molecule has 1 heterocycles. The zero-order valence-corrected chi connectivity index (χ0v) is 5.76. The van der Waals surface area contributed by atoms with Gasteiger partial charge in [-0.3, -0.25) is 4.98 Å². The van der Waals surface area contributed by atoms with Crippen LogP contribution in [-0.4, -0.2) is 9.97 Å². The van der Waals surface area contributed by atoms with Crippen LogP contribution in [0, 0.1) is 6.92 Å². The topological polar surface area (TPSA) is 28.7 Å². The summed E-state index contributed by atoms with van der Waals surface area (Å²) in [5, 5.41) is 0. The second kappa shape index (κ2) is 1.84. The molecule has 50 valence electrons. The van der Waals surface area contributed by atoms with Crippen molar-refractivity contribution in [2.24, 2.45) is 0 Å². The molecule has 2 nitrogen and oxygen atoms in total. The predicted octanol–water partition coefficient (Wildman–Crippen LogP) is 1.82. The highest BCUT2D eigenvalue weighted by atomic mass is 14.8. The minimum absolute atomic E-state index is 1.07. The van der Waals surface area contributed by atoms with Crippen LogP contribution in [-0.2, 0) is 0 Å². The molecule has 0 fully saturated rings. The third-order valence-electron chi connectivity index (χ3n) is 1.65. The fraction of sp³-hybridized carbons (Fsp3) is 0.125. The maximum Gasteiger partial charge on any atom is 0.0894 e. The molecule has 1 aliphatic heterocycles. The van der Waals surface area contributed by atoms with Gasteiger partial charge in [-0.05, 0) is 18.6 Å². The van der Waals surface area contributed by atoms with E-state index in [1.807, 2.05) is 12.3 Å². The average Bonchev–Trinajstić information content (AvgIpc) is 2.34. The van der Waals surface area contributed by atoms with Crippen LogP contribution in [0.4, 0.5) is 0 Å². The summed E-state index contributed by atoms with van der Waals surface area (Å²) in [7, 11) is 0. The number of nitrogens with zero attached hydrogens (tertiary/aromatic N) is 1. The van der Waals surface area contributed by atoms with Crippen molar-refractivity contribution in [3.8, 4) is 11.4 Å². The summed E-state index contributed by atoms with van der Waals surface area (Å²) in [4.78, 5) is 7.32. The third-order valence-corrected chi connectivity index (χ3v) is 1.65. The fourth-order valence-corrected chi connectivity index (χ4v) is 1.11. The Morgan fingerprint density at radius 2 is 2.30 bits per heavy atom. The van der Waals surface area contributed by atoms with E-state index in [1.54, 1.807) is 6.20 Å². The van der Waals surface area contributed by atoms with E-state index in [-0.39, 0.29) is 0 Å². The summed E-state index contributed by atoms with van der Waals surface area (Å²) in [6, 6.07) is 4.10. The summed E-state index contributed by atoms with van der Waals surface area (Å²) >= 11 is 0. The number of fused-ring (bicyclic) bond motifs is 1. The second-order valence-electron chi connectivity index (χ2n) is 2.37. The molecule has 0 aromatic carbocycles. The average molecular weight is 132 g/mol. The highest BCUT2D eigenvalue weighted by molar-refractivity contribution is 5.61. The van der Waals surface area contributed by atoms with Crippen LogP contribution < -0.4 is 0 Å². The number of rotatable bonds is 0. The van der Waals surface area contributed by atoms with Gasteiger partial charge in [0.1, 0.15) is 0 Å². The van der Waals surface area contributed by atoms with Crippen LogP contribution in [0.5, 0.6) is 0 Å². The Morgan fingerprint density at radius 1 is 1.40 bits per heavy atom. The molecular formula is C8H8N2. The standard InChI is InChI=1S/C8H8N2/c1-6-2-3-7-8(6)10-5-4-9-7/h2-5,9H,1H3. The second-order valence-corrected chi connectivity index (χ2v) is 2.37. The summed E-state index contributed by atoms with van der Waals surface area (Å²) in [5.74, 6) is 0. The van der Waals surface area contributed by atoms with Crippen molar-refractivity contribution >= 4 is 0 Å². The van der Waals surface area contributed by atoms with Gasteiger partial charge in [-0.25, -0.2) is 0 Å². The molecule has 10 heavy (non-hydrogen) atoms. The van der Waals surface area contributed by atoms with Crippen molar-refractivity contribution in [2.75, 3.05) is 0 Å². The molecule has 2 aliphatic rings. The van der Waals surface area contributed by atoms with Gasteiger partial charge in [-0.15, -0.1) is 0 Å². The largest absolute Gasteiger partial charge is 0.358 e. The van der Waals surface area contributed by atoms with E-state index in [1.165, 1.54) is 5.56 Å². The number of hydrogen-bond donors (Lipinski definition) is 1. The quantitative estimate of drug-likeness (QED) is 0.582. The minimum Gasteiger partial charge on any atom is -0.358 e. The van der Waals surface area contributed by atoms with Crippen LogP contribution in [0.1, 0.15) is 5.56 Å².